The molecule has 0 fully saturated rings. The Bertz CT molecular complexity index is 1010. The maximum Gasteiger partial charge on any atom is 0.346 e. The summed E-state index contributed by atoms with van der Waals surface area (Å²) >= 11 is 5.66. The number of hydrogen-bond donors (Lipinski definition) is 1. The summed E-state index contributed by atoms with van der Waals surface area (Å²) in [7, 11) is 1.43. The predicted molar refractivity (Wildman–Crippen MR) is 103 cm³/mol. The first kappa shape index (κ1) is 19.2. The fraction of sp³-hybridized carbons (Fsp3) is 0.0526. The molecule has 142 valence electrons. The summed E-state index contributed by atoms with van der Waals surface area (Å²) in [6.45, 7) is 0. The molecule has 0 spiro atoms. The molecule has 0 unspecified atom stereocenters. The monoisotopic (exact) mass is 400 g/mol. The van der Waals surface area contributed by atoms with Crippen LogP contribution in [0.3, 0.4) is 0 Å². The van der Waals surface area contributed by atoms with Crippen molar-refractivity contribution in [1.82, 2.24) is 10.2 Å². The second kappa shape index (κ2) is 8.92. The van der Waals surface area contributed by atoms with Gasteiger partial charge >= 0.3 is 5.97 Å². The van der Waals surface area contributed by atoms with Crippen molar-refractivity contribution in [2.24, 2.45) is 5.10 Å². The number of halogens is 2. The van der Waals surface area contributed by atoms with Gasteiger partial charge < -0.3 is 9.47 Å². The van der Waals surface area contributed by atoms with E-state index in [0.29, 0.717) is 17.1 Å². The van der Waals surface area contributed by atoms with Gasteiger partial charge in [-0.15, -0.1) is 10.2 Å². The molecule has 0 aliphatic rings. The van der Waals surface area contributed by atoms with E-state index >= 15 is 0 Å². The van der Waals surface area contributed by atoms with E-state index in [2.05, 4.69) is 20.7 Å². The van der Waals surface area contributed by atoms with Crippen molar-refractivity contribution in [2.45, 2.75) is 0 Å². The van der Waals surface area contributed by atoms with Crippen LogP contribution in [0.1, 0.15) is 15.9 Å². The molecular weight excluding hydrogens is 387 g/mol. The Labute approximate surface area is 164 Å². The van der Waals surface area contributed by atoms with Gasteiger partial charge in [-0.3, -0.25) is 5.43 Å². The summed E-state index contributed by atoms with van der Waals surface area (Å²) in [5.74, 6) is -0.611. The molecule has 0 aliphatic heterocycles. The number of rotatable bonds is 6. The second-order valence-electron chi connectivity index (χ2n) is 5.39. The van der Waals surface area contributed by atoms with Crippen LogP contribution >= 0.6 is 11.6 Å². The number of ether oxygens (including phenoxy) is 2. The molecule has 0 saturated heterocycles. The maximum absolute atomic E-state index is 13.7. The molecule has 28 heavy (non-hydrogen) atoms. The molecule has 2 aromatic carbocycles. The standard InChI is InChI=1S/C19H14ClFN4O3/c1-27-16-10-12(11-22-24-18-9-8-17(20)23-25-18)6-7-15(16)28-19(26)13-4-2-3-5-14(13)21/h2-11H,1H3,(H,24,25). The van der Waals surface area contributed by atoms with Gasteiger partial charge in [0.2, 0.25) is 0 Å². The molecule has 7 nitrogen and oxygen atoms in total. The van der Waals surface area contributed by atoms with Crippen LogP contribution in [0.2, 0.25) is 5.15 Å². The number of esters is 1. The highest BCUT2D eigenvalue weighted by Crippen LogP contribution is 2.28. The van der Waals surface area contributed by atoms with Crippen LogP contribution in [0.5, 0.6) is 11.5 Å². The van der Waals surface area contributed by atoms with Gasteiger partial charge in [-0.05, 0) is 48.0 Å². The van der Waals surface area contributed by atoms with E-state index in [-0.39, 0.29) is 16.5 Å². The van der Waals surface area contributed by atoms with Crippen molar-refractivity contribution < 1.29 is 18.7 Å². The van der Waals surface area contributed by atoms with Crippen LogP contribution < -0.4 is 14.9 Å². The van der Waals surface area contributed by atoms with Gasteiger partial charge in [0.05, 0.1) is 18.9 Å². The van der Waals surface area contributed by atoms with Crippen LogP contribution in [0, 0.1) is 5.82 Å². The zero-order valence-electron chi connectivity index (χ0n) is 14.6. The molecule has 0 radical (unpaired) electrons. The number of methoxy groups -OCH3 is 1. The summed E-state index contributed by atoms with van der Waals surface area (Å²) in [6.07, 6.45) is 1.52. The van der Waals surface area contributed by atoms with E-state index in [1.807, 2.05) is 0 Å². The van der Waals surface area contributed by atoms with Crippen LogP contribution in [0.4, 0.5) is 10.2 Å². The third kappa shape index (κ3) is 4.80. The first-order chi connectivity index (χ1) is 13.6. The van der Waals surface area contributed by atoms with E-state index in [9.17, 15) is 9.18 Å². The van der Waals surface area contributed by atoms with Gasteiger partial charge in [0.15, 0.2) is 22.5 Å². The number of benzene rings is 2. The largest absolute Gasteiger partial charge is 0.493 e. The molecule has 0 bridgehead atoms. The summed E-state index contributed by atoms with van der Waals surface area (Å²) < 4.78 is 24.2. The van der Waals surface area contributed by atoms with E-state index in [4.69, 9.17) is 21.1 Å². The Morgan fingerprint density at radius 3 is 2.68 bits per heavy atom. The van der Waals surface area contributed by atoms with Crippen molar-refractivity contribution >= 4 is 29.6 Å². The number of carbonyl (C=O) groups is 1. The second-order valence-corrected chi connectivity index (χ2v) is 5.78. The van der Waals surface area contributed by atoms with Crippen molar-refractivity contribution in [3.8, 4) is 11.5 Å². The average molecular weight is 401 g/mol. The van der Waals surface area contributed by atoms with Crippen LogP contribution in [0.25, 0.3) is 0 Å². The smallest absolute Gasteiger partial charge is 0.346 e. The average Bonchev–Trinajstić information content (AvgIpc) is 2.70. The van der Waals surface area contributed by atoms with Gasteiger partial charge in [-0.1, -0.05) is 23.7 Å². The Morgan fingerprint density at radius 2 is 1.96 bits per heavy atom. The first-order valence-corrected chi connectivity index (χ1v) is 8.37. The minimum Gasteiger partial charge on any atom is -0.493 e. The fourth-order valence-corrected chi connectivity index (χ4v) is 2.28. The Hall–Kier alpha value is -3.52. The number of aromatic nitrogens is 2. The molecule has 0 aliphatic carbocycles. The number of nitrogens with zero attached hydrogens (tertiary/aromatic N) is 3. The molecule has 0 atom stereocenters. The van der Waals surface area contributed by atoms with E-state index < -0.39 is 11.8 Å². The highest BCUT2D eigenvalue weighted by Gasteiger charge is 2.16. The van der Waals surface area contributed by atoms with Gasteiger partial charge in [0, 0.05) is 0 Å². The van der Waals surface area contributed by atoms with Gasteiger partial charge in [-0.2, -0.15) is 5.10 Å². The third-order valence-corrected chi connectivity index (χ3v) is 3.71. The number of hydrogen-bond acceptors (Lipinski definition) is 7. The summed E-state index contributed by atoms with van der Waals surface area (Å²) in [5.41, 5.74) is 3.20. The lowest BCUT2D eigenvalue weighted by Crippen LogP contribution is -2.11. The van der Waals surface area contributed by atoms with Crippen molar-refractivity contribution in [1.29, 1.82) is 0 Å². The number of carbonyl (C=O) groups excluding carboxylic acids is 1. The molecule has 1 N–H and O–H groups in total. The molecule has 9 heteroatoms. The highest BCUT2D eigenvalue weighted by molar-refractivity contribution is 6.29. The lowest BCUT2D eigenvalue weighted by Gasteiger charge is -2.10. The molecule has 1 heterocycles. The number of hydrazone groups is 1. The lowest BCUT2D eigenvalue weighted by atomic mass is 10.2. The number of anilines is 1. The Morgan fingerprint density at radius 1 is 1.14 bits per heavy atom. The van der Waals surface area contributed by atoms with Crippen LogP contribution in [0.15, 0.2) is 59.7 Å². The Kier molecular flexibility index (Phi) is 6.13. The molecule has 1 aromatic heterocycles. The Balaban J connectivity index is 1.71. The van der Waals surface area contributed by atoms with Crippen molar-refractivity contribution in [3.05, 3.63) is 76.7 Å². The third-order valence-electron chi connectivity index (χ3n) is 3.51. The van der Waals surface area contributed by atoms with Crippen LogP contribution in [-0.4, -0.2) is 29.5 Å². The summed E-state index contributed by atoms with van der Waals surface area (Å²) in [6, 6.07) is 13.6. The normalized spacial score (nSPS) is 10.7. The van der Waals surface area contributed by atoms with E-state index in [1.165, 1.54) is 37.6 Å². The molecule has 0 amide bonds. The summed E-state index contributed by atoms with van der Waals surface area (Å²) in [4.78, 5) is 12.2. The van der Waals surface area contributed by atoms with Gasteiger partial charge in [-0.25, -0.2) is 9.18 Å². The number of nitrogens with one attached hydrogen (secondary N) is 1. The SMILES string of the molecule is COc1cc(C=NNc2ccc(Cl)nn2)ccc1OC(=O)c1ccccc1F. The van der Waals surface area contributed by atoms with Gasteiger partial charge in [0.25, 0.3) is 0 Å². The molecule has 3 rings (SSSR count). The molecule has 3 aromatic rings. The predicted octanol–water partition coefficient (Wildman–Crippen LogP) is 3.94. The van der Waals surface area contributed by atoms with Gasteiger partial charge in [0.1, 0.15) is 5.82 Å². The van der Waals surface area contributed by atoms with E-state index in [1.54, 1.807) is 30.3 Å². The zero-order valence-corrected chi connectivity index (χ0v) is 15.4. The minimum atomic E-state index is -0.819. The van der Waals surface area contributed by atoms with E-state index in [0.717, 1.165) is 0 Å². The zero-order chi connectivity index (χ0) is 19.9. The maximum atomic E-state index is 13.7. The highest BCUT2D eigenvalue weighted by atomic mass is 35.5. The van der Waals surface area contributed by atoms with Crippen molar-refractivity contribution in [2.75, 3.05) is 12.5 Å². The first-order valence-electron chi connectivity index (χ1n) is 8.00. The molecular formula is C19H14ClFN4O3. The quantitative estimate of drug-likeness (QED) is 0.292. The lowest BCUT2D eigenvalue weighted by molar-refractivity contribution is 0.0725. The van der Waals surface area contributed by atoms with Crippen molar-refractivity contribution in [3.63, 3.8) is 0 Å². The van der Waals surface area contributed by atoms with Crippen LogP contribution in [-0.2, 0) is 0 Å². The topological polar surface area (TPSA) is 85.7 Å². The summed E-state index contributed by atoms with van der Waals surface area (Å²) in [5, 5.41) is 11.8. The minimum absolute atomic E-state index is 0.157. The fourth-order valence-electron chi connectivity index (χ4n) is 2.18. The molecule has 0 saturated carbocycles.